The first-order chi connectivity index (χ1) is 16.2. The van der Waals surface area contributed by atoms with Gasteiger partial charge in [-0.2, -0.15) is 0 Å². The number of piperidine rings is 1. The molecule has 0 bridgehead atoms. The molecule has 0 aliphatic carbocycles. The van der Waals surface area contributed by atoms with E-state index in [9.17, 15) is 19.5 Å². The summed E-state index contributed by atoms with van der Waals surface area (Å²) in [5.74, 6) is -1.08. The average Bonchev–Trinajstić information content (AvgIpc) is 3.36. The molecule has 0 radical (unpaired) electrons. The fourth-order valence-electron chi connectivity index (χ4n) is 4.23. The monoisotopic (exact) mass is 506 g/mol. The fraction of sp³-hybridized carbons (Fsp3) is 0.500. The number of imidazole rings is 1. The first-order valence-corrected chi connectivity index (χ1v) is 12.6. The number of carboxylic acid groups (broad SMARTS) is 1. The molecule has 1 saturated heterocycles. The topological polar surface area (TPSA) is 129 Å². The van der Waals surface area contributed by atoms with Crippen molar-refractivity contribution in [1.82, 2.24) is 24.8 Å². The Kier molecular flexibility index (Phi) is 7.44. The summed E-state index contributed by atoms with van der Waals surface area (Å²) in [6.07, 6.45) is 3.06. The Morgan fingerprint density at radius 2 is 2.00 bits per heavy atom. The second kappa shape index (κ2) is 10.3. The Bertz CT molecular complexity index is 1080. The minimum absolute atomic E-state index is 0.000713. The van der Waals surface area contributed by atoms with Crippen molar-refractivity contribution in [3.63, 3.8) is 0 Å². The van der Waals surface area contributed by atoms with Gasteiger partial charge in [0.1, 0.15) is 17.6 Å². The maximum Gasteiger partial charge on any atom is 0.322 e. The van der Waals surface area contributed by atoms with Crippen molar-refractivity contribution in [2.45, 2.75) is 56.3 Å². The van der Waals surface area contributed by atoms with Gasteiger partial charge in [-0.25, -0.2) is 9.97 Å². The first-order valence-electron chi connectivity index (χ1n) is 11.1. The number of rotatable bonds is 7. The number of hydrogen-bond acceptors (Lipinski definition) is 7. The quantitative estimate of drug-likeness (QED) is 0.522. The summed E-state index contributed by atoms with van der Waals surface area (Å²) < 4.78 is 1.52. The van der Waals surface area contributed by atoms with Gasteiger partial charge < -0.3 is 25.2 Å². The number of hydrogen-bond donors (Lipinski definition) is 3. The van der Waals surface area contributed by atoms with Gasteiger partial charge in [0.15, 0.2) is 5.82 Å². The summed E-state index contributed by atoms with van der Waals surface area (Å²) in [5.41, 5.74) is 0.908. The van der Waals surface area contributed by atoms with Crippen LogP contribution in [-0.2, 0) is 21.9 Å². The number of aromatic nitrogens is 3. The molecule has 4 rings (SSSR count). The van der Waals surface area contributed by atoms with Crippen molar-refractivity contribution in [1.29, 1.82) is 0 Å². The van der Waals surface area contributed by atoms with Crippen LogP contribution in [0.3, 0.4) is 0 Å². The van der Waals surface area contributed by atoms with Crippen LogP contribution >= 0.6 is 23.4 Å². The molecular formula is C22H27ClN6O4S. The minimum Gasteiger partial charge on any atom is -0.480 e. The minimum atomic E-state index is -1.02. The Labute approximate surface area is 206 Å². The normalized spacial score (nSPS) is 18.6. The molecule has 1 unspecified atom stereocenters. The number of carboxylic acids is 1. The molecule has 0 aromatic carbocycles. The molecular weight excluding hydrogens is 480 g/mol. The highest BCUT2D eigenvalue weighted by atomic mass is 35.5. The first kappa shape index (κ1) is 24.5. The highest BCUT2D eigenvalue weighted by Gasteiger charge is 2.37. The third-order valence-corrected chi connectivity index (χ3v) is 7.48. The highest BCUT2D eigenvalue weighted by Crippen LogP contribution is 2.41. The molecule has 182 valence electrons. The van der Waals surface area contributed by atoms with Crippen molar-refractivity contribution in [3.05, 3.63) is 40.6 Å². The number of carbonyl (C=O) groups excluding carboxylic acids is 2. The number of fused-ring (bicyclic) bond motifs is 1. The zero-order chi connectivity index (χ0) is 24.4. The average molecular weight is 507 g/mol. The van der Waals surface area contributed by atoms with Crippen LogP contribution in [0, 0.1) is 0 Å². The molecule has 2 amide bonds. The maximum atomic E-state index is 13.2. The molecule has 2 aliphatic rings. The summed E-state index contributed by atoms with van der Waals surface area (Å²) >= 11 is 7.05. The molecule has 4 heterocycles. The van der Waals surface area contributed by atoms with E-state index in [0.29, 0.717) is 34.0 Å². The summed E-state index contributed by atoms with van der Waals surface area (Å²) in [7, 11) is 0. The molecule has 34 heavy (non-hydrogen) atoms. The van der Waals surface area contributed by atoms with Crippen molar-refractivity contribution in [3.8, 4) is 0 Å². The van der Waals surface area contributed by atoms with E-state index in [-0.39, 0.29) is 18.4 Å². The van der Waals surface area contributed by atoms with Crippen LogP contribution in [0.15, 0.2) is 18.3 Å². The number of nitrogens with one attached hydrogen (secondary N) is 2. The van der Waals surface area contributed by atoms with Gasteiger partial charge in [0.05, 0.1) is 16.4 Å². The highest BCUT2D eigenvalue weighted by molar-refractivity contribution is 7.99. The Balaban J connectivity index is 1.52. The number of pyridine rings is 1. The van der Waals surface area contributed by atoms with E-state index in [4.69, 9.17) is 11.6 Å². The SMILES string of the molecule is CC(C)N1CCC(NC(=O)c2nc3c(n2CC(=O)Nc2ccc(Cl)cn2)CSC3C(=O)O)CC1. The van der Waals surface area contributed by atoms with Crippen LogP contribution in [0.2, 0.25) is 5.02 Å². The van der Waals surface area contributed by atoms with Gasteiger partial charge in [-0.1, -0.05) is 11.6 Å². The lowest BCUT2D eigenvalue weighted by Gasteiger charge is -2.34. The van der Waals surface area contributed by atoms with E-state index >= 15 is 0 Å². The van der Waals surface area contributed by atoms with Crippen LogP contribution < -0.4 is 10.6 Å². The molecule has 2 aromatic heterocycles. The third-order valence-electron chi connectivity index (χ3n) is 6.06. The van der Waals surface area contributed by atoms with E-state index in [1.54, 1.807) is 12.1 Å². The van der Waals surface area contributed by atoms with Gasteiger partial charge in [-0.05, 0) is 38.8 Å². The predicted molar refractivity (Wildman–Crippen MR) is 129 cm³/mol. The van der Waals surface area contributed by atoms with E-state index in [2.05, 4.69) is 39.3 Å². The number of halogens is 1. The van der Waals surface area contributed by atoms with Gasteiger partial charge in [-0.15, -0.1) is 11.8 Å². The van der Waals surface area contributed by atoms with Gasteiger partial charge in [0.25, 0.3) is 5.91 Å². The zero-order valence-corrected chi connectivity index (χ0v) is 20.5. The molecule has 0 spiro atoms. The zero-order valence-electron chi connectivity index (χ0n) is 19.0. The van der Waals surface area contributed by atoms with Crippen molar-refractivity contribution in [2.24, 2.45) is 0 Å². The third kappa shape index (κ3) is 5.37. The predicted octanol–water partition coefficient (Wildman–Crippen LogP) is 2.55. The van der Waals surface area contributed by atoms with E-state index in [0.717, 1.165) is 25.9 Å². The number of likely N-dealkylation sites (tertiary alicyclic amines) is 1. The van der Waals surface area contributed by atoms with E-state index in [1.807, 2.05) is 0 Å². The van der Waals surface area contributed by atoms with Gasteiger partial charge in [0.2, 0.25) is 5.91 Å². The Morgan fingerprint density at radius 3 is 2.62 bits per heavy atom. The standard InChI is InChI=1S/C22H27ClN6O4S/c1-12(2)28-7-5-14(6-8-28)25-21(31)20-27-18-15(11-34-19(18)22(32)33)29(20)10-17(30)26-16-4-3-13(23)9-24-16/h3-4,9,12,14,19H,5-8,10-11H2,1-2H3,(H,25,31)(H,32,33)(H,24,26,30). The second-order valence-corrected chi connectivity index (χ2v) is 10.2. The van der Waals surface area contributed by atoms with Crippen LogP contribution in [0.5, 0.6) is 0 Å². The number of thioether (sulfide) groups is 1. The number of aliphatic carboxylic acids is 1. The lowest BCUT2D eigenvalue weighted by molar-refractivity contribution is -0.136. The number of carbonyl (C=O) groups is 3. The van der Waals surface area contributed by atoms with Crippen LogP contribution in [-0.4, -0.2) is 67.5 Å². The summed E-state index contributed by atoms with van der Waals surface area (Å²) in [4.78, 5) is 48.4. The maximum absolute atomic E-state index is 13.2. The van der Waals surface area contributed by atoms with Crippen LogP contribution in [0.4, 0.5) is 5.82 Å². The van der Waals surface area contributed by atoms with Gasteiger partial charge >= 0.3 is 5.97 Å². The van der Waals surface area contributed by atoms with Crippen LogP contribution in [0.25, 0.3) is 0 Å². The number of amides is 2. The molecule has 1 fully saturated rings. The van der Waals surface area contributed by atoms with Gasteiger partial charge in [-0.3, -0.25) is 14.4 Å². The lowest BCUT2D eigenvalue weighted by atomic mass is 10.0. The lowest BCUT2D eigenvalue weighted by Crippen LogP contribution is -2.47. The number of anilines is 1. The van der Waals surface area contributed by atoms with E-state index < -0.39 is 23.0 Å². The summed E-state index contributed by atoms with van der Waals surface area (Å²) in [6, 6.07) is 3.64. The summed E-state index contributed by atoms with van der Waals surface area (Å²) in [5, 5.41) is 14.8. The fourth-order valence-corrected chi connectivity index (χ4v) is 5.46. The molecule has 12 heteroatoms. The van der Waals surface area contributed by atoms with Crippen molar-refractivity contribution in [2.75, 3.05) is 18.4 Å². The number of nitrogens with zero attached hydrogens (tertiary/aromatic N) is 4. The Morgan fingerprint density at radius 1 is 1.26 bits per heavy atom. The largest absolute Gasteiger partial charge is 0.480 e. The molecule has 1 atom stereocenters. The van der Waals surface area contributed by atoms with Crippen LogP contribution in [0.1, 0.15) is 53.9 Å². The van der Waals surface area contributed by atoms with Crippen molar-refractivity contribution < 1.29 is 19.5 Å². The Hall–Kier alpha value is -2.63. The van der Waals surface area contributed by atoms with Gasteiger partial charge in [0, 0.05) is 37.1 Å². The molecule has 2 aliphatic heterocycles. The smallest absolute Gasteiger partial charge is 0.322 e. The second-order valence-electron chi connectivity index (χ2n) is 8.67. The van der Waals surface area contributed by atoms with Crippen molar-refractivity contribution >= 4 is 47.0 Å². The van der Waals surface area contributed by atoms with E-state index in [1.165, 1.54) is 22.5 Å². The molecule has 3 N–H and O–H groups in total. The molecule has 10 nitrogen and oxygen atoms in total. The summed E-state index contributed by atoms with van der Waals surface area (Å²) in [6.45, 7) is 5.90. The molecule has 2 aromatic rings. The molecule has 0 saturated carbocycles.